The Morgan fingerprint density at radius 3 is 2.81 bits per heavy atom. The molecule has 0 unspecified atom stereocenters. The van der Waals surface area contributed by atoms with Gasteiger partial charge in [-0.05, 0) is 68.8 Å². The molecule has 0 N–H and O–H groups in total. The van der Waals surface area contributed by atoms with Gasteiger partial charge < -0.3 is 4.74 Å². The number of rotatable bonds is 6. The number of carbonyl (C=O) groups is 1. The molecule has 4 nitrogen and oxygen atoms in total. The molecule has 1 aromatic carbocycles. The van der Waals surface area contributed by atoms with Gasteiger partial charge in [0, 0.05) is 16.8 Å². The van der Waals surface area contributed by atoms with Crippen LogP contribution in [-0.4, -0.2) is 17.0 Å². The standard InChI is InChI=1S/C20H25ClN2O2S/c1-4-5-7-14-13-23(20(2)10-6-11-20)26-19(14)22-18(24)16-12-15(21)8-9-17(16)25-3/h8-9,12-13H,4-7,10-11H2,1-3H3. The van der Waals surface area contributed by atoms with Gasteiger partial charge in [0.15, 0.2) is 0 Å². The minimum Gasteiger partial charge on any atom is -0.496 e. The van der Waals surface area contributed by atoms with E-state index in [0.717, 1.165) is 29.5 Å². The van der Waals surface area contributed by atoms with E-state index in [1.54, 1.807) is 36.8 Å². The molecule has 1 saturated carbocycles. The fourth-order valence-corrected chi connectivity index (χ4v) is 4.52. The summed E-state index contributed by atoms with van der Waals surface area (Å²) in [5.74, 6) is 0.184. The molecule has 0 atom stereocenters. The SMILES string of the molecule is CCCCc1cn(C2(C)CCC2)sc1=NC(=O)c1cc(Cl)ccc1OC. The Bertz CT molecular complexity index is 865. The number of carbonyl (C=O) groups excluding carboxylic acids is 1. The average Bonchev–Trinajstić information content (AvgIpc) is 3.00. The Hall–Kier alpha value is -1.59. The van der Waals surface area contributed by atoms with Crippen molar-refractivity contribution in [3.05, 3.63) is 45.2 Å². The number of hydrogen-bond donors (Lipinski definition) is 0. The second kappa shape index (κ2) is 7.97. The molecule has 1 aliphatic carbocycles. The summed E-state index contributed by atoms with van der Waals surface area (Å²) in [6, 6.07) is 5.03. The van der Waals surface area contributed by atoms with Gasteiger partial charge >= 0.3 is 0 Å². The highest BCUT2D eigenvalue weighted by molar-refractivity contribution is 7.04. The van der Waals surface area contributed by atoms with Crippen LogP contribution in [0.25, 0.3) is 0 Å². The van der Waals surface area contributed by atoms with Crippen LogP contribution in [0.2, 0.25) is 5.02 Å². The van der Waals surface area contributed by atoms with Crippen LogP contribution in [-0.2, 0) is 12.0 Å². The summed E-state index contributed by atoms with van der Waals surface area (Å²) < 4.78 is 8.40. The van der Waals surface area contributed by atoms with Gasteiger partial charge in [0.1, 0.15) is 10.4 Å². The van der Waals surface area contributed by atoms with E-state index in [4.69, 9.17) is 16.3 Å². The number of aryl methyl sites for hydroxylation is 1. The number of methoxy groups -OCH3 is 1. The van der Waals surface area contributed by atoms with Gasteiger partial charge in [-0.25, -0.2) is 0 Å². The van der Waals surface area contributed by atoms with Crippen molar-refractivity contribution in [1.29, 1.82) is 0 Å². The van der Waals surface area contributed by atoms with Crippen LogP contribution in [0.15, 0.2) is 29.4 Å². The molecule has 26 heavy (non-hydrogen) atoms. The molecule has 1 heterocycles. The van der Waals surface area contributed by atoms with Crippen LogP contribution in [0.4, 0.5) is 0 Å². The smallest absolute Gasteiger partial charge is 0.282 e. The fraction of sp³-hybridized carbons (Fsp3) is 0.500. The van der Waals surface area contributed by atoms with E-state index in [9.17, 15) is 4.79 Å². The topological polar surface area (TPSA) is 43.6 Å². The summed E-state index contributed by atoms with van der Waals surface area (Å²) in [7, 11) is 1.54. The van der Waals surface area contributed by atoms with Crippen molar-refractivity contribution >= 4 is 29.0 Å². The van der Waals surface area contributed by atoms with Gasteiger partial charge in [0.25, 0.3) is 5.91 Å². The van der Waals surface area contributed by atoms with Crippen molar-refractivity contribution < 1.29 is 9.53 Å². The number of unbranched alkanes of at least 4 members (excludes halogenated alkanes) is 1. The molecular weight excluding hydrogens is 368 g/mol. The first kappa shape index (κ1) is 19.2. The molecule has 0 bridgehead atoms. The lowest BCUT2D eigenvalue weighted by Gasteiger charge is -2.39. The summed E-state index contributed by atoms with van der Waals surface area (Å²) in [5, 5.41) is 0.499. The maximum atomic E-state index is 12.8. The van der Waals surface area contributed by atoms with Gasteiger partial charge in [-0.2, -0.15) is 4.99 Å². The largest absolute Gasteiger partial charge is 0.496 e. The predicted octanol–water partition coefficient (Wildman–Crippen LogP) is 5.19. The molecule has 1 fully saturated rings. The monoisotopic (exact) mass is 392 g/mol. The highest BCUT2D eigenvalue weighted by Crippen LogP contribution is 2.39. The number of halogens is 1. The second-order valence-electron chi connectivity index (χ2n) is 7.09. The third kappa shape index (κ3) is 3.89. The van der Waals surface area contributed by atoms with Crippen molar-refractivity contribution in [2.45, 2.75) is 57.9 Å². The van der Waals surface area contributed by atoms with E-state index in [1.165, 1.54) is 19.3 Å². The lowest BCUT2D eigenvalue weighted by molar-refractivity contribution is 0.0996. The Morgan fingerprint density at radius 1 is 1.42 bits per heavy atom. The van der Waals surface area contributed by atoms with Crippen molar-refractivity contribution in [2.75, 3.05) is 7.11 Å². The number of nitrogens with zero attached hydrogens (tertiary/aromatic N) is 2. The summed E-state index contributed by atoms with van der Waals surface area (Å²) in [6.07, 6.45) is 8.96. The quantitative estimate of drug-likeness (QED) is 0.678. The van der Waals surface area contributed by atoms with E-state index in [-0.39, 0.29) is 11.4 Å². The molecule has 3 rings (SSSR count). The molecule has 1 amide bonds. The Balaban J connectivity index is 2.01. The molecule has 0 radical (unpaired) electrons. The first-order valence-electron chi connectivity index (χ1n) is 9.12. The number of benzene rings is 1. The van der Waals surface area contributed by atoms with Crippen LogP contribution in [0.5, 0.6) is 5.75 Å². The molecule has 0 saturated heterocycles. The van der Waals surface area contributed by atoms with Gasteiger partial charge in [0.2, 0.25) is 0 Å². The first-order chi connectivity index (χ1) is 12.5. The van der Waals surface area contributed by atoms with E-state index in [1.807, 2.05) is 0 Å². The Labute approximate surface area is 163 Å². The van der Waals surface area contributed by atoms with Gasteiger partial charge in [0.05, 0.1) is 18.2 Å². The number of ether oxygens (including phenoxy) is 1. The van der Waals surface area contributed by atoms with Crippen molar-refractivity contribution in [3.63, 3.8) is 0 Å². The van der Waals surface area contributed by atoms with Crippen molar-refractivity contribution in [3.8, 4) is 5.75 Å². The Kier molecular flexibility index (Phi) is 5.88. The maximum absolute atomic E-state index is 12.8. The molecule has 0 aliphatic heterocycles. The highest BCUT2D eigenvalue weighted by Gasteiger charge is 2.34. The van der Waals surface area contributed by atoms with Crippen LogP contribution in [0.1, 0.15) is 61.9 Å². The van der Waals surface area contributed by atoms with Crippen molar-refractivity contribution in [1.82, 2.24) is 3.96 Å². The Morgan fingerprint density at radius 2 is 2.19 bits per heavy atom. The second-order valence-corrected chi connectivity index (χ2v) is 8.49. The average molecular weight is 393 g/mol. The summed E-state index contributed by atoms with van der Waals surface area (Å²) in [5.41, 5.74) is 1.73. The minimum atomic E-state index is -0.310. The number of hydrogen-bond acceptors (Lipinski definition) is 3. The molecule has 0 spiro atoms. The highest BCUT2D eigenvalue weighted by atomic mass is 35.5. The van der Waals surface area contributed by atoms with Gasteiger partial charge in [-0.3, -0.25) is 8.75 Å². The summed E-state index contributed by atoms with van der Waals surface area (Å²) >= 11 is 7.65. The zero-order valence-corrected chi connectivity index (χ0v) is 17.1. The predicted molar refractivity (Wildman–Crippen MR) is 106 cm³/mol. The zero-order valence-electron chi connectivity index (χ0n) is 15.5. The third-order valence-corrected chi connectivity index (χ3v) is 6.59. The lowest BCUT2D eigenvalue weighted by atomic mass is 9.79. The summed E-state index contributed by atoms with van der Waals surface area (Å²) in [6.45, 7) is 4.45. The number of aromatic nitrogens is 1. The molecule has 6 heteroatoms. The molecular formula is C20H25ClN2O2S. The van der Waals surface area contributed by atoms with E-state index in [2.05, 4.69) is 29.0 Å². The van der Waals surface area contributed by atoms with Crippen LogP contribution < -0.4 is 9.41 Å². The van der Waals surface area contributed by atoms with Crippen LogP contribution in [0, 0.1) is 0 Å². The van der Waals surface area contributed by atoms with E-state index >= 15 is 0 Å². The minimum absolute atomic E-state index is 0.177. The fourth-order valence-electron chi connectivity index (χ4n) is 3.18. The van der Waals surface area contributed by atoms with E-state index < -0.39 is 0 Å². The molecule has 1 aromatic heterocycles. The van der Waals surface area contributed by atoms with Gasteiger partial charge in [-0.1, -0.05) is 24.9 Å². The van der Waals surface area contributed by atoms with E-state index in [0.29, 0.717) is 16.3 Å². The molecule has 1 aliphatic rings. The molecule has 140 valence electrons. The number of amides is 1. The van der Waals surface area contributed by atoms with Crippen molar-refractivity contribution in [2.24, 2.45) is 4.99 Å². The van der Waals surface area contributed by atoms with Crippen LogP contribution in [0.3, 0.4) is 0 Å². The van der Waals surface area contributed by atoms with Gasteiger partial charge in [-0.15, -0.1) is 0 Å². The lowest BCUT2D eigenvalue weighted by Crippen LogP contribution is -2.35. The maximum Gasteiger partial charge on any atom is 0.282 e. The normalized spacial score (nSPS) is 16.4. The first-order valence-corrected chi connectivity index (χ1v) is 10.3. The zero-order chi connectivity index (χ0) is 18.7. The molecule has 2 aromatic rings. The third-order valence-electron chi connectivity index (χ3n) is 5.09. The summed E-state index contributed by atoms with van der Waals surface area (Å²) in [4.78, 5) is 17.3. The van der Waals surface area contributed by atoms with Crippen LogP contribution >= 0.6 is 23.1 Å².